The summed E-state index contributed by atoms with van der Waals surface area (Å²) < 4.78 is 51.0. The van der Waals surface area contributed by atoms with Gasteiger partial charge in [-0.2, -0.15) is 13.2 Å². The van der Waals surface area contributed by atoms with E-state index in [9.17, 15) is 13.2 Å². The van der Waals surface area contributed by atoms with Crippen LogP contribution in [0, 0.1) is 0 Å². The van der Waals surface area contributed by atoms with Crippen molar-refractivity contribution in [2.24, 2.45) is 0 Å². The summed E-state index contributed by atoms with van der Waals surface area (Å²) >= 11 is 0. The average Bonchev–Trinajstić information content (AvgIpc) is 2.87. The Hall–Kier alpha value is -2.18. The third-order valence-electron chi connectivity index (χ3n) is 6.00. The highest BCUT2D eigenvalue weighted by Crippen LogP contribution is 2.37. The molecule has 150 valence electrons. The van der Waals surface area contributed by atoms with Gasteiger partial charge in [-0.05, 0) is 33.3 Å². The zero-order valence-corrected chi connectivity index (χ0v) is 16.8. The van der Waals surface area contributed by atoms with E-state index < -0.39 is 30.1 Å². The third kappa shape index (κ3) is 3.60. The quantitative estimate of drug-likeness (QED) is 0.778. The Morgan fingerprint density at radius 2 is 1.52 bits per heavy atom. The molecule has 0 unspecified atom stereocenters. The Labute approximate surface area is 169 Å². The molecule has 1 saturated heterocycles. The lowest BCUT2D eigenvalue weighted by Crippen LogP contribution is -2.44. The maximum absolute atomic E-state index is 12.9. The predicted octanol–water partition coefficient (Wildman–Crippen LogP) is 3.88. The molecule has 0 atom stereocenters. The Morgan fingerprint density at radius 1 is 0.897 bits per heavy atom. The monoisotopic (exact) mass is 399 g/mol. The molecule has 2 aliphatic heterocycles. The molecule has 0 radical (unpaired) electrons. The van der Waals surface area contributed by atoms with Gasteiger partial charge in [-0.1, -0.05) is 60.0 Å². The fourth-order valence-corrected chi connectivity index (χ4v) is 3.54. The van der Waals surface area contributed by atoms with Crippen molar-refractivity contribution >= 4 is 36.7 Å². The summed E-state index contributed by atoms with van der Waals surface area (Å²) in [6.07, 6.45) is -2.37. The summed E-state index contributed by atoms with van der Waals surface area (Å²) in [7, 11) is -0.526. The Morgan fingerprint density at radius 3 is 2.10 bits per heavy atom. The van der Waals surface area contributed by atoms with Crippen LogP contribution in [0.1, 0.15) is 38.8 Å². The van der Waals surface area contributed by atoms with Crippen molar-refractivity contribution in [1.29, 1.82) is 0 Å². The third-order valence-corrected chi connectivity index (χ3v) is 6.00. The number of anilines is 1. The van der Waals surface area contributed by atoms with Crippen LogP contribution in [0.2, 0.25) is 0 Å². The summed E-state index contributed by atoms with van der Waals surface area (Å²) in [5.41, 5.74) is 1.92. The van der Waals surface area contributed by atoms with Crippen LogP contribution in [0.25, 0.3) is 6.08 Å². The maximum Gasteiger partial charge on any atom is 0.496 e. The van der Waals surface area contributed by atoms with Crippen LogP contribution in [-0.2, 0) is 15.5 Å². The van der Waals surface area contributed by atoms with E-state index in [0.29, 0.717) is 0 Å². The van der Waals surface area contributed by atoms with Crippen molar-refractivity contribution < 1.29 is 22.5 Å². The second kappa shape index (κ2) is 6.67. The number of fused-ring (bicyclic) bond motifs is 1. The zero-order valence-electron chi connectivity index (χ0n) is 16.8. The van der Waals surface area contributed by atoms with Crippen LogP contribution in [0.5, 0.6) is 0 Å². The Balaban J connectivity index is 1.63. The maximum atomic E-state index is 12.9. The molecule has 1 fully saturated rings. The SMILES string of the molecule is CC1(C)OB(c2cccc3c2NB(c2ccc(C(F)(F)F)cc2)C=C3)OC1(C)C. The highest BCUT2D eigenvalue weighted by molar-refractivity contribution is 6.82. The van der Waals surface area contributed by atoms with Gasteiger partial charge < -0.3 is 14.5 Å². The molecule has 1 N–H and O–H groups in total. The van der Waals surface area contributed by atoms with Gasteiger partial charge in [0.2, 0.25) is 0 Å². The minimum Gasteiger partial charge on any atom is -0.420 e. The first-order valence-corrected chi connectivity index (χ1v) is 9.58. The number of rotatable bonds is 2. The van der Waals surface area contributed by atoms with E-state index in [1.54, 1.807) is 0 Å². The Bertz CT molecular complexity index is 939. The van der Waals surface area contributed by atoms with E-state index in [1.165, 1.54) is 12.1 Å². The van der Waals surface area contributed by atoms with E-state index in [2.05, 4.69) is 5.23 Å². The largest absolute Gasteiger partial charge is 0.496 e. The number of hydrogen-bond donors (Lipinski definition) is 1. The number of alkyl halides is 3. The van der Waals surface area contributed by atoms with Gasteiger partial charge in [-0.3, -0.25) is 0 Å². The summed E-state index contributed by atoms with van der Waals surface area (Å²) in [6.45, 7) is 7.76. The summed E-state index contributed by atoms with van der Waals surface area (Å²) in [5, 5.41) is 3.44. The molecule has 4 rings (SSSR count). The summed E-state index contributed by atoms with van der Waals surface area (Å²) in [5.74, 6) is 1.94. The van der Waals surface area contributed by atoms with Gasteiger partial charge in [0.05, 0.1) is 16.8 Å². The lowest BCUT2D eigenvalue weighted by atomic mass is 9.53. The molecule has 2 aliphatic rings. The van der Waals surface area contributed by atoms with Crippen molar-refractivity contribution in [2.75, 3.05) is 5.23 Å². The van der Waals surface area contributed by atoms with E-state index in [-0.39, 0.29) is 6.85 Å². The topological polar surface area (TPSA) is 30.5 Å². The highest BCUT2D eigenvalue weighted by Gasteiger charge is 2.52. The number of nitrogens with one attached hydrogen (secondary N) is 1. The molecule has 2 aromatic rings. The number of halogens is 3. The molecule has 0 aliphatic carbocycles. The summed E-state index contributed by atoms with van der Waals surface area (Å²) in [6, 6.07) is 11.1. The van der Waals surface area contributed by atoms with Gasteiger partial charge in [0.15, 0.2) is 0 Å². The van der Waals surface area contributed by atoms with Crippen LogP contribution < -0.4 is 16.2 Å². The molecule has 3 nitrogen and oxygen atoms in total. The highest BCUT2D eigenvalue weighted by atomic mass is 19.4. The lowest BCUT2D eigenvalue weighted by molar-refractivity contribution is -0.137. The zero-order chi connectivity index (χ0) is 21.0. The first-order valence-electron chi connectivity index (χ1n) is 9.58. The van der Waals surface area contributed by atoms with Crippen LogP contribution in [0.3, 0.4) is 0 Å². The molecule has 2 heterocycles. The van der Waals surface area contributed by atoms with Crippen molar-refractivity contribution in [3.63, 3.8) is 0 Å². The summed E-state index contributed by atoms with van der Waals surface area (Å²) in [4.78, 5) is 0. The van der Waals surface area contributed by atoms with Gasteiger partial charge in [-0.15, -0.1) is 0 Å². The molecule has 8 heteroatoms. The Kier molecular flexibility index (Phi) is 4.63. The fourth-order valence-electron chi connectivity index (χ4n) is 3.54. The van der Waals surface area contributed by atoms with E-state index in [4.69, 9.17) is 9.31 Å². The molecule has 0 aromatic heterocycles. The van der Waals surface area contributed by atoms with E-state index in [0.717, 1.165) is 34.3 Å². The minimum absolute atomic E-state index is 0.242. The molecule has 0 spiro atoms. The minimum atomic E-state index is -4.34. The van der Waals surface area contributed by atoms with Gasteiger partial charge in [0, 0.05) is 11.2 Å². The van der Waals surface area contributed by atoms with Crippen molar-refractivity contribution in [2.45, 2.75) is 45.1 Å². The second-order valence-electron chi connectivity index (χ2n) is 8.50. The fraction of sp³-hybridized carbons (Fsp3) is 0.333. The van der Waals surface area contributed by atoms with Crippen molar-refractivity contribution in [1.82, 2.24) is 0 Å². The second-order valence-corrected chi connectivity index (χ2v) is 8.50. The molecule has 0 bridgehead atoms. The van der Waals surface area contributed by atoms with Crippen LogP contribution in [0.4, 0.5) is 18.9 Å². The molecule has 29 heavy (non-hydrogen) atoms. The normalized spacial score (nSPS) is 19.8. The standard InChI is InChI=1S/C21H22B2F3NO2/c1-19(2)20(3,4)29-23(28-19)17-7-5-6-14-12-13-22(27-18(14)17)16-10-8-15(9-11-16)21(24,25)26/h5-13,27H,1-4H3. The number of hydrogen-bond acceptors (Lipinski definition) is 3. The van der Waals surface area contributed by atoms with Gasteiger partial charge in [0.1, 0.15) is 0 Å². The molecular formula is C21H22B2F3NO2. The van der Waals surface area contributed by atoms with Crippen LogP contribution >= 0.6 is 0 Å². The average molecular weight is 399 g/mol. The van der Waals surface area contributed by atoms with E-state index in [1.807, 2.05) is 57.9 Å². The van der Waals surface area contributed by atoms with Gasteiger partial charge >= 0.3 is 20.1 Å². The molecule has 2 aromatic carbocycles. The van der Waals surface area contributed by atoms with Crippen molar-refractivity contribution in [3.8, 4) is 0 Å². The smallest absolute Gasteiger partial charge is 0.420 e. The first kappa shape index (κ1) is 20.1. The number of benzene rings is 2. The van der Waals surface area contributed by atoms with E-state index >= 15 is 0 Å². The molecular weight excluding hydrogens is 377 g/mol. The van der Waals surface area contributed by atoms with Crippen LogP contribution in [-0.4, -0.2) is 25.2 Å². The molecule has 0 saturated carbocycles. The van der Waals surface area contributed by atoms with Gasteiger partial charge in [-0.25, -0.2) is 0 Å². The predicted molar refractivity (Wildman–Crippen MR) is 112 cm³/mol. The molecule has 0 amide bonds. The first-order chi connectivity index (χ1) is 13.5. The van der Waals surface area contributed by atoms with Gasteiger partial charge in [0.25, 0.3) is 0 Å². The van der Waals surface area contributed by atoms with Crippen molar-refractivity contribution in [3.05, 3.63) is 59.6 Å². The lowest BCUT2D eigenvalue weighted by Gasteiger charge is -2.32. The number of para-hydroxylation sites is 1. The van der Waals surface area contributed by atoms with Crippen LogP contribution in [0.15, 0.2) is 48.4 Å².